The van der Waals surface area contributed by atoms with Crippen LogP contribution < -0.4 is 17.0 Å². The van der Waals surface area contributed by atoms with Crippen molar-refractivity contribution < 1.29 is 34.1 Å². The Morgan fingerprint density at radius 2 is 2.14 bits per heavy atom. The van der Waals surface area contributed by atoms with Crippen molar-refractivity contribution in [1.82, 2.24) is 0 Å². The first-order valence-corrected chi connectivity index (χ1v) is 2.27. The minimum absolute atomic E-state index is 0. The first-order chi connectivity index (χ1) is 2.50. The number of hydrogen-bond acceptors (Lipinski definition) is 1. The molecule has 1 rings (SSSR count). The molecule has 7 heavy (non-hydrogen) atoms. The maximum atomic E-state index is 2.90. The summed E-state index contributed by atoms with van der Waals surface area (Å²) in [6, 6.07) is 3.86. The second kappa shape index (κ2) is 6.70. The molecule has 39 valence electrons. The van der Waals surface area contributed by atoms with E-state index >= 15 is 0 Å². The summed E-state index contributed by atoms with van der Waals surface area (Å²) in [6.45, 7) is 0. The van der Waals surface area contributed by atoms with Gasteiger partial charge in [-0.2, -0.15) is 11.4 Å². The van der Waals surface area contributed by atoms with Crippen molar-refractivity contribution in [2.45, 2.75) is 0 Å². The zero-order valence-corrected chi connectivity index (χ0v) is 6.98. The molecule has 0 unspecified atom stereocenters. The van der Waals surface area contributed by atoms with E-state index in [2.05, 4.69) is 5.38 Å². The summed E-state index contributed by atoms with van der Waals surface area (Å²) in [4.78, 5) is 0. The Labute approximate surface area is 68.2 Å². The molecule has 0 N–H and O–H groups in total. The van der Waals surface area contributed by atoms with Crippen LogP contribution >= 0.6 is 11.3 Å². The van der Waals surface area contributed by atoms with E-state index in [1.165, 1.54) is 0 Å². The van der Waals surface area contributed by atoms with Gasteiger partial charge in [-0.15, -0.1) is 5.38 Å². The van der Waals surface area contributed by atoms with Crippen molar-refractivity contribution in [1.29, 1.82) is 0 Å². The Morgan fingerprint density at radius 3 is 2.29 bits per heavy atom. The monoisotopic (exact) mass is 217 g/mol. The van der Waals surface area contributed by atoms with Crippen LogP contribution in [0.1, 0.15) is 0 Å². The van der Waals surface area contributed by atoms with E-state index in [0.717, 1.165) is 0 Å². The van der Waals surface area contributed by atoms with Crippen LogP contribution in [0.5, 0.6) is 0 Å². The van der Waals surface area contributed by atoms with Gasteiger partial charge in [-0.05, 0) is 0 Å². The van der Waals surface area contributed by atoms with E-state index in [-0.39, 0.29) is 34.1 Å². The smallest absolute Gasteiger partial charge is 1.00 e. The van der Waals surface area contributed by atoms with Gasteiger partial charge in [0.2, 0.25) is 0 Å². The van der Waals surface area contributed by atoms with E-state index in [4.69, 9.17) is 0 Å². The quantitative estimate of drug-likeness (QED) is 0.369. The van der Waals surface area contributed by atoms with Crippen molar-refractivity contribution >= 4 is 11.3 Å². The van der Waals surface area contributed by atoms with Crippen LogP contribution in [0.15, 0.2) is 17.5 Å². The molecule has 1 radical (unpaired) electrons. The van der Waals surface area contributed by atoms with Crippen LogP contribution in [0.4, 0.5) is 0 Å². The molecule has 0 saturated heterocycles. The Kier molecular flexibility index (Phi) is 10.2. The number of rotatable bonds is 0. The molecule has 1 aromatic heterocycles. The molecule has 0 bridgehead atoms. The number of thiophene rings is 1. The molecule has 0 fully saturated rings. The third-order valence-corrected chi connectivity index (χ3v) is 0.944. The minimum atomic E-state index is 0. The van der Waals surface area contributed by atoms with Crippen LogP contribution in [-0.2, 0) is 17.1 Å². The molecule has 0 nitrogen and oxygen atoms in total. The SMILES string of the molecule is [Br-].[Mn+2].[c-]1cccs1. The first kappa shape index (κ1) is 10.6. The molecular weight excluding hydrogens is 215 g/mol. The predicted octanol–water partition coefficient (Wildman–Crippen LogP) is -1.45. The van der Waals surface area contributed by atoms with Gasteiger partial charge in [0.05, 0.1) is 0 Å². The Bertz CT molecular complexity index is 68.2. The van der Waals surface area contributed by atoms with E-state index in [0.29, 0.717) is 0 Å². The second-order valence-electron chi connectivity index (χ2n) is 0.731. The van der Waals surface area contributed by atoms with Crippen molar-refractivity contribution in [3.05, 3.63) is 22.9 Å². The maximum Gasteiger partial charge on any atom is 2.00 e. The first-order valence-electron chi connectivity index (χ1n) is 1.40. The van der Waals surface area contributed by atoms with Gasteiger partial charge in [0.1, 0.15) is 0 Å². The summed E-state index contributed by atoms with van der Waals surface area (Å²) in [5.74, 6) is 0. The van der Waals surface area contributed by atoms with Crippen molar-refractivity contribution in [2.24, 2.45) is 0 Å². The van der Waals surface area contributed by atoms with Crippen molar-refractivity contribution in [3.8, 4) is 0 Å². The molecule has 3 heteroatoms. The predicted molar refractivity (Wildman–Crippen MR) is 23.2 cm³/mol. The third-order valence-electron chi connectivity index (χ3n) is 0.379. The van der Waals surface area contributed by atoms with Gasteiger partial charge in [0.25, 0.3) is 0 Å². The fourth-order valence-electron chi connectivity index (χ4n) is 0.196. The minimum Gasteiger partial charge on any atom is -1.00 e. The van der Waals surface area contributed by atoms with Crippen LogP contribution in [0, 0.1) is 5.38 Å². The maximum absolute atomic E-state index is 2.90. The second-order valence-corrected chi connectivity index (χ2v) is 1.47. The zero-order chi connectivity index (χ0) is 3.54. The van der Waals surface area contributed by atoms with Gasteiger partial charge in [-0.3, -0.25) is 0 Å². The summed E-state index contributed by atoms with van der Waals surface area (Å²) in [7, 11) is 0. The van der Waals surface area contributed by atoms with Crippen LogP contribution in [0.2, 0.25) is 0 Å². The normalized spacial score (nSPS) is 5.71. The molecule has 0 spiro atoms. The van der Waals surface area contributed by atoms with E-state index in [1.54, 1.807) is 11.3 Å². The fourth-order valence-corrected chi connectivity index (χ4v) is 0.589. The zero-order valence-electron chi connectivity index (χ0n) is 3.40. The molecule has 0 aromatic carbocycles. The van der Waals surface area contributed by atoms with Gasteiger partial charge in [0.15, 0.2) is 0 Å². The topological polar surface area (TPSA) is 0 Å². The fraction of sp³-hybridized carbons (Fsp3) is 0. The molecule has 0 atom stereocenters. The van der Waals surface area contributed by atoms with Crippen molar-refractivity contribution in [3.63, 3.8) is 0 Å². The van der Waals surface area contributed by atoms with Gasteiger partial charge in [-0.1, -0.05) is 0 Å². The van der Waals surface area contributed by atoms with Crippen LogP contribution in [0.3, 0.4) is 0 Å². The third kappa shape index (κ3) is 4.55. The van der Waals surface area contributed by atoms with E-state index in [1.807, 2.05) is 17.5 Å². The largest absolute Gasteiger partial charge is 2.00 e. The molecule has 0 aliphatic rings. The Balaban J connectivity index is 0. The molecule has 0 aliphatic carbocycles. The molecule has 1 aromatic rings. The summed E-state index contributed by atoms with van der Waals surface area (Å²) in [6.07, 6.45) is 0. The summed E-state index contributed by atoms with van der Waals surface area (Å²) in [5.41, 5.74) is 0. The summed E-state index contributed by atoms with van der Waals surface area (Å²) >= 11 is 1.59. The van der Waals surface area contributed by atoms with Gasteiger partial charge in [-0.25, -0.2) is 6.07 Å². The molecule has 0 saturated carbocycles. The average molecular weight is 218 g/mol. The molecule has 0 amide bonds. The number of halogens is 1. The van der Waals surface area contributed by atoms with Crippen LogP contribution in [-0.4, -0.2) is 0 Å². The summed E-state index contributed by atoms with van der Waals surface area (Å²) < 4.78 is 0. The van der Waals surface area contributed by atoms with Gasteiger partial charge in [0, 0.05) is 0 Å². The van der Waals surface area contributed by atoms with E-state index in [9.17, 15) is 0 Å². The van der Waals surface area contributed by atoms with E-state index < -0.39 is 0 Å². The van der Waals surface area contributed by atoms with Gasteiger partial charge < -0.3 is 28.3 Å². The standard InChI is InChI=1S/C4H3S.BrH.Mn/c1-2-4-5-3-1;;/h1-3H;1H;/q-1;;+2/p-1. The van der Waals surface area contributed by atoms with Crippen LogP contribution in [0.25, 0.3) is 0 Å². The Hall–Kier alpha value is 0.699. The summed E-state index contributed by atoms with van der Waals surface area (Å²) in [5, 5.41) is 4.89. The molecule has 0 aliphatic heterocycles. The molecular formula is C4H3BrMnS. The molecule has 1 heterocycles. The Morgan fingerprint density at radius 1 is 1.43 bits per heavy atom. The average Bonchev–Trinajstić information content (AvgIpc) is 1.76. The van der Waals surface area contributed by atoms with Gasteiger partial charge >= 0.3 is 17.1 Å². The van der Waals surface area contributed by atoms with Crippen molar-refractivity contribution in [2.75, 3.05) is 0 Å². The number of hydrogen-bond donors (Lipinski definition) is 0.